The number of rotatable bonds is 3. The van der Waals surface area contributed by atoms with E-state index in [1.165, 1.54) is 17.4 Å². The van der Waals surface area contributed by atoms with E-state index in [2.05, 4.69) is 41.3 Å². The van der Waals surface area contributed by atoms with Crippen molar-refractivity contribution in [3.8, 4) is 0 Å². The highest BCUT2D eigenvalue weighted by molar-refractivity contribution is 7.15. The summed E-state index contributed by atoms with van der Waals surface area (Å²) in [5.74, 6) is -0.229. The zero-order valence-corrected chi connectivity index (χ0v) is 13.4. The van der Waals surface area contributed by atoms with Crippen LogP contribution < -0.4 is 5.32 Å². The van der Waals surface area contributed by atoms with Crippen LogP contribution >= 0.6 is 22.7 Å². The normalized spacial score (nSPS) is 12.0. The van der Waals surface area contributed by atoms with Crippen LogP contribution in [0.2, 0.25) is 0 Å². The van der Waals surface area contributed by atoms with E-state index in [1.807, 2.05) is 12.3 Å². The van der Waals surface area contributed by atoms with Crippen molar-refractivity contribution in [2.24, 2.45) is 0 Å². The molecule has 0 atom stereocenters. The van der Waals surface area contributed by atoms with Gasteiger partial charge in [0.1, 0.15) is 5.01 Å². The van der Waals surface area contributed by atoms with Gasteiger partial charge in [0.2, 0.25) is 11.0 Å². The lowest BCUT2D eigenvalue weighted by atomic mass is 9.98. The van der Waals surface area contributed by atoms with Crippen molar-refractivity contribution in [3.05, 3.63) is 27.2 Å². The van der Waals surface area contributed by atoms with Crippen molar-refractivity contribution in [1.82, 2.24) is 15.2 Å². The van der Waals surface area contributed by atoms with Gasteiger partial charge in [0, 0.05) is 16.9 Å². The molecule has 2 aromatic rings. The van der Waals surface area contributed by atoms with Crippen LogP contribution in [0.15, 0.2) is 11.5 Å². The molecule has 7 heteroatoms. The molecule has 0 aliphatic carbocycles. The average molecular weight is 308 g/mol. The van der Waals surface area contributed by atoms with Gasteiger partial charge in [-0.25, -0.2) is 4.98 Å². The molecule has 0 aliphatic heterocycles. The lowest BCUT2D eigenvalue weighted by Gasteiger charge is -2.12. The summed E-state index contributed by atoms with van der Waals surface area (Å²) in [6, 6.07) is 0. The third-order valence-corrected chi connectivity index (χ3v) is 4.40. The average Bonchev–Trinajstić information content (AvgIpc) is 2.95. The summed E-state index contributed by atoms with van der Waals surface area (Å²) in [6.45, 7) is 8.11. The Bertz CT molecular complexity index is 637. The highest BCUT2D eigenvalue weighted by atomic mass is 32.1. The zero-order chi connectivity index (χ0) is 14.8. The number of amides is 1. The molecule has 0 spiro atoms. The number of carbonyl (C=O) groups is 1. The Balaban J connectivity index is 1.98. The molecule has 2 heterocycles. The van der Waals surface area contributed by atoms with Crippen LogP contribution in [-0.2, 0) is 10.2 Å². The van der Waals surface area contributed by atoms with Crippen LogP contribution in [0.3, 0.4) is 0 Å². The Labute approximate surface area is 125 Å². The first kappa shape index (κ1) is 14.8. The molecular weight excluding hydrogens is 292 g/mol. The summed E-state index contributed by atoms with van der Waals surface area (Å²) < 4.78 is 0. The predicted molar refractivity (Wildman–Crippen MR) is 83.1 cm³/mol. The van der Waals surface area contributed by atoms with Crippen molar-refractivity contribution in [2.45, 2.75) is 33.1 Å². The third-order valence-electron chi connectivity index (χ3n) is 2.34. The highest BCUT2D eigenvalue weighted by Gasteiger charge is 2.19. The monoisotopic (exact) mass is 308 g/mol. The quantitative estimate of drug-likeness (QED) is 0.884. The fraction of sp³-hybridized carbons (Fsp3) is 0.385. The Morgan fingerprint density at radius 1 is 1.35 bits per heavy atom. The van der Waals surface area contributed by atoms with Crippen LogP contribution in [0.25, 0.3) is 6.08 Å². The number of thiazole rings is 1. The molecule has 0 bridgehead atoms. The maximum atomic E-state index is 11.8. The number of hydrogen-bond acceptors (Lipinski definition) is 6. The van der Waals surface area contributed by atoms with Crippen molar-refractivity contribution >= 4 is 39.8 Å². The summed E-state index contributed by atoms with van der Waals surface area (Å²) in [5, 5.41) is 15.0. The number of nitrogens with zero attached hydrogens (tertiary/aromatic N) is 3. The molecule has 0 saturated heterocycles. The van der Waals surface area contributed by atoms with Crippen LogP contribution in [0.5, 0.6) is 0 Å². The van der Waals surface area contributed by atoms with Crippen molar-refractivity contribution < 1.29 is 4.79 Å². The Hall–Kier alpha value is -1.60. The molecule has 1 amide bonds. The van der Waals surface area contributed by atoms with Crippen molar-refractivity contribution in [1.29, 1.82) is 0 Å². The van der Waals surface area contributed by atoms with Gasteiger partial charge in [0.05, 0.1) is 10.7 Å². The summed E-state index contributed by atoms with van der Waals surface area (Å²) in [4.78, 5) is 16.0. The number of nitrogens with one attached hydrogen (secondary N) is 1. The van der Waals surface area contributed by atoms with Gasteiger partial charge in [-0.1, -0.05) is 32.1 Å². The van der Waals surface area contributed by atoms with Crippen LogP contribution in [-0.4, -0.2) is 21.1 Å². The van der Waals surface area contributed by atoms with E-state index in [0.717, 1.165) is 15.7 Å². The highest BCUT2D eigenvalue weighted by Crippen LogP contribution is 2.27. The molecule has 5 nitrogen and oxygen atoms in total. The SMILES string of the molecule is Cc1nc(/C=C/C(=O)Nc2nnc(C(C)(C)C)s2)cs1. The molecule has 20 heavy (non-hydrogen) atoms. The summed E-state index contributed by atoms with van der Waals surface area (Å²) in [5.41, 5.74) is 0.726. The molecule has 2 aromatic heterocycles. The maximum absolute atomic E-state index is 11.8. The molecular formula is C13H16N4OS2. The molecule has 0 aromatic carbocycles. The van der Waals surface area contributed by atoms with Gasteiger partial charge in [-0.2, -0.15) is 0 Å². The second-order valence-corrected chi connectivity index (χ2v) is 7.32. The molecule has 2 rings (SSSR count). The largest absolute Gasteiger partial charge is 0.297 e. The first-order chi connectivity index (χ1) is 9.34. The number of hydrogen-bond donors (Lipinski definition) is 1. The third kappa shape index (κ3) is 3.94. The number of carbonyl (C=O) groups excluding carboxylic acids is 1. The smallest absolute Gasteiger partial charge is 0.250 e. The van der Waals surface area contributed by atoms with Gasteiger partial charge in [0.15, 0.2) is 0 Å². The zero-order valence-electron chi connectivity index (χ0n) is 11.8. The first-order valence-corrected chi connectivity index (χ1v) is 7.79. The van der Waals surface area contributed by atoms with Gasteiger partial charge in [0.25, 0.3) is 0 Å². The van der Waals surface area contributed by atoms with Crippen LogP contribution in [0.1, 0.15) is 36.5 Å². The second kappa shape index (κ2) is 5.80. The predicted octanol–water partition coefficient (Wildman–Crippen LogP) is 3.25. The van der Waals surface area contributed by atoms with Crippen molar-refractivity contribution in [3.63, 3.8) is 0 Å². The number of aromatic nitrogens is 3. The minimum absolute atomic E-state index is 0.0609. The van der Waals surface area contributed by atoms with Crippen LogP contribution in [0, 0.1) is 6.92 Å². The molecule has 0 aliphatic rings. The first-order valence-electron chi connectivity index (χ1n) is 6.10. The van der Waals surface area contributed by atoms with E-state index < -0.39 is 0 Å². The van der Waals surface area contributed by atoms with Crippen LogP contribution in [0.4, 0.5) is 5.13 Å². The Kier molecular flexibility index (Phi) is 4.29. The van der Waals surface area contributed by atoms with Gasteiger partial charge in [-0.15, -0.1) is 21.5 Å². The van der Waals surface area contributed by atoms with E-state index in [0.29, 0.717) is 5.13 Å². The van der Waals surface area contributed by atoms with Crippen molar-refractivity contribution in [2.75, 3.05) is 5.32 Å². The Morgan fingerprint density at radius 3 is 2.65 bits per heavy atom. The Morgan fingerprint density at radius 2 is 2.10 bits per heavy atom. The number of aryl methyl sites for hydroxylation is 1. The summed E-state index contributed by atoms with van der Waals surface area (Å²) in [6.07, 6.45) is 3.14. The molecule has 0 unspecified atom stereocenters. The minimum Gasteiger partial charge on any atom is -0.297 e. The minimum atomic E-state index is -0.229. The second-order valence-electron chi connectivity index (χ2n) is 5.28. The maximum Gasteiger partial charge on any atom is 0.250 e. The molecule has 0 saturated carbocycles. The topological polar surface area (TPSA) is 67.8 Å². The lowest BCUT2D eigenvalue weighted by Crippen LogP contribution is -2.10. The fourth-order valence-corrected chi connectivity index (χ4v) is 2.73. The van der Waals surface area contributed by atoms with E-state index in [-0.39, 0.29) is 11.3 Å². The molecule has 0 fully saturated rings. The molecule has 106 valence electrons. The van der Waals surface area contributed by atoms with E-state index in [1.54, 1.807) is 17.4 Å². The standard InChI is InChI=1S/C13H16N4OS2/c1-8-14-9(7-19-8)5-6-10(18)15-12-17-16-11(20-12)13(2,3)4/h5-7H,1-4H3,(H,15,17,18)/b6-5+. The van der Waals surface area contributed by atoms with E-state index in [4.69, 9.17) is 0 Å². The summed E-state index contributed by atoms with van der Waals surface area (Å²) >= 11 is 2.94. The summed E-state index contributed by atoms with van der Waals surface area (Å²) in [7, 11) is 0. The van der Waals surface area contributed by atoms with Gasteiger partial charge in [-0.05, 0) is 13.0 Å². The van der Waals surface area contributed by atoms with Gasteiger partial charge in [-0.3, -0.25) is 10.1 Å². The lowest BCUT2D eigenvalue weighted by molar-refractivity contribution is -0.111. The fourth-order valence-electron chi connectivity index (χ4n) is 1.34. The number of anilines is 1. The van der Waals surface area contributed by atoms with E-state index >= 15 is 0 Å². The van der Waals surface area contributed by atoms with E-state index in [9.17, 15) is 4.79 Å². The van der Waals surface area contributed by atoms with Gasteiger partial charge >= 0.3 is 0 Å². The van der Waals surface area contributed by atoms with Gasteiger partial charge < -0.3 is 0 Å². The molecule has 1 N–H and O–H groups in total. The molecule has 0 radical (unpaired) electrons.